The number of hydrogen-bond donors (Lipinski definition) is 0. The van der Waals surface area contributed by atoms with Crippen LogP contribution >= 0.6 is 11.6 Å². The van der Waals surface area contributed by atoms with E-state index >= 15 is 0 Å². The summed E-state index contributed by atoms with van der Waals surface area (Å²) in [6, 6.07) is 2.58. The molecule has 0 amide bonds. The molecule has 1 aliphatic carbocycles. The van der Waals surface area contributed by atoms with Crippen LogP contribution in [-0.2, 0) is 6.54 Å². The van der Waals surface area contributed by atoms with Crippen molar-refractivity contribution in [2.75, 3.05) is 6.54 Å². The number of hydrogen-bond acceptors (Lipinski definition) is 3. The van der Waals surface area contributed by atoms with Gasteiger partial charge >= 0.3 is 0 Å². The molecule has 3 rings (SSSR count). The Hall–Kier alpha value is -0.670. The molecule has 2 aliphatic rings. The summed E-state index contributed by atoms with van der Waals surface area (Å²) in [6.07, 6.45) is 8.30. The number of aromatic nitrogens is 2. The van der Waals surface area contributed by atoms with Gasteiger partial charge in [0, 0.05) is 11.7 Å². The number of halogens is 1. The third-order valence-electron chi connectivity index (χ3n) is 4.57. The highest BCUT2D eigenvalue weighted by Crippen LogP contribution is 2.35. The molecule has 104 valence electrons. The van der Waals surface area contributed by atoms with E-state index in [2.05, 4.69) is 14.9 Å². The zero-order valence-electron chi connectivity index (χ0n) is 11.6. The zero-order valence-corrected chi connectivity index (χ0v) is 12.4. The summed E-state index contributed by atoms with van der Waals surface area (Å²) < 4.78 is 0. The van der Waals surface area contributed by atoms with Gasteiger partial charge in [-0.15, -0.1) is 0 Å². The maximum absolute atomic E-state index is 6.04. The molecule has 2 fully saturated rings. The number of rotatable bonds is 2. The van der Waals surface area contributed by atoms with Gasteiger partial charge in [0.1, 0.15) is 11.0 Å². The number of nitrogens with zero attached hydrogens (tertiary/aromatic N) is 3. The summed E-state index contributed by atoms with van der Waals surface area (Å²) in [5.74, 6) is 1.79. The van der Waals surface area contributed by atoms with E-state index in [1.807, 2.05) is 13.0 Å². The van der Waals surface area contributed by atoms with Gasteiger partial charge in [-0.25, -0.2) is 9.97 Å². The fraction of sp³-hybridized carbons (Fsp3) is 0.733. The minimum Gasteiger partial charge on any atom is -0.293 e. The van der Waals surface area contributed by atoms with Crippen LogP contribution in [0.15, 0.2) is 6.07 Å². The third kappa shape index (κ3) is 3.09. The van der Waals surface area contributed by atoms with Crippen molar-refractivity contribution in [3.63, 3.8) is 0 Å². The van der Waals surface area contributed by atoms with Crippen molar-refractivity contribution < 1.29 is 0 Å². The van der Waals surface area contributed by atoms with Gasteiger partial charge < -0.3 is 0 Å². The van der Waals surface area contributed by atoms with Crippen LogP contribution < -0.4 is 0 Å². The predicted octanol–water partition coefficient (Wildman–Crippen LogP) is 3.59. The minimum absolute atomic E-state index is 0.569. The van der Waals surface area contributed by atoms with Crippen LogP contribution in [0, 0.1) is 12.8 Å². The highest BCUT2D eigenvalue weighted by Gasteiger charge is 2.33. The van der Waals surface area contributed by atoms with E-state index in [0.717, 1.165) is 30.0 Å². The van der Waals surface area contributed by atoms with E-state index in [1.165, 1.54) is 45.1 Å². The highest BCUT2D eigenvalue weighted by atomic mass is 35.5. The first-order chi connectivity index (χ1) is 9.22. The summed E-state index contributed by atoms with van der Waals surface area (Å²) in [5, 5.41) is 0.569. The molecule has 1 aromatic rings. The molecule has 1 aliphatic heterocycles. The molecule has 0 N–H and O–H groups in total. The molecule has 2 atom stereocenters. The van der Waals surface area contributed by atoms with Gasteiger partial charge in [0.25, 0.3) is 0 Å². The largest absolute Gasteiger partial charge is 0.293 e. The lowest BCUT2D eigenvalue weighted by Crippen LogP contribution is -2.46. The fourth-order valence-corrected chi connectivity index (χ4v) is 4.02. The molecule has 0 aromatic carbocycles. The monoisotopic (exact) mass is 279 g/mol. The molecule has 2 unspecified atom stereocenters. The summed E-state index contributed by atoms with van der Waals surface area (Å²) in [6.45, 7) is 4.04. The summed E-state index contributed by atoms with van der Waals surface area (Å²) in [7, 11) is 0. The minimum atomic E-state index is 0.569. The molecule has 1 aromatic heterocycles. The third-order valence-corrected chi connectivity index (χ3v) is 4.77. The maximum Gasteiger partial charge on any atom is 0.144 e. The Morgan fingerprint density at radius 3 is 2.84 bits per heavy atom. The van der Waals surface area contributed by atoms with Crippen molar-refractivity contribution in [3.8, 4) is 0 Å². The van der Waals surface area contributed by atoms with E-state index < -0.39 is 0 Å². The lowest BCUT2D eigenvalue weighted by Gasteiger charge is -2.43. The normalized spacial score (nSPS) is 28.1. The van der Waals surface area contributed by atoms with Gasteiger partial charge in [0.05, 0.1) is 6.54 Å². The second-order valence-electron chi connectivity index (χ2n) is 5.97. The Bertz CT molecular complexity index is 427. The Morgan fingerprint density at radius 2 is 2.00 bits per heavy atom. The van der Waals surface area contributed by atoms with Gasteiger partial charge in [-0.1, -0.05) is 24.4 Å². The molecular formula is C15H22ClN3. The van der Waals surface area contributed by atoms with E-state index in [4.69, 9.17) is 11.6 Å². The summed E-state index contributed by atoms with van der Waals surface area (Å²) >= 11 is 6.04. The number of aryl methyl sites for hydroxylation is 1. The van der Waals surface area contributed by atoms with Crippen molar-refractivity contribution in [2.24, 2.45) is 5.92 Å². The highest BCUT2D eigenvalue weighted by molar-refractivity contribution is 6.29. The Labute approximate surface area is 120 Å². The Kier molecular flexibility index (Phi) is 4.04. The Balaban J connectivity index is 1.74. The SMILES string of the molecule is Cc1cc(Cl)nc(CN2CCCC3CCCCC32)n1. The van der Waals surface area contributed by atoms with Gasteiger partial charge in [-0.05, 0) is 51.1 Å². The van der Waals surface area contributed by atoms with Crippen molar-refractivity contribution in [1.82, 2.24) is 14.9 Å². The standard InChI is InChI=1S/C15H22ClN3/c1-11-9-14(16)18-15(17-11)10-19-8-4-6-12-5-2-3-7-13(12)19/h9,12-13H,2-8,10H2,1H3. The molecule has 0 radical (unpaired) electrons. The second-order valence-corrected chi connectivity index (χ2v) is 6.36. The summed E-state index contributed by atoms with van der Waals surface area (Å²) in [5.41, 5.74) is 0.965. The lowest BCUT2D eigenvalue weighted by molar-refractivity contribution is 0.0526. The molecule has 1 saturated heterocycles. The van der Waals surface area contributed by atoms with Crippen molar-refractivity contribution in [3.05, 3.63) is 22.7 Å². The lowest BCUT2D eigenvalue weighted by atomic mass is 9.78. The van der Waals surface area contributed by atoms with Crippen LogP contribution in [0.1, 0.15) is 50.0 Å². The smallest absolute Gasteiger partial charge is 0.144 e. The molecular weight excluding hydrogens is 258 g/mol. The van der Waals surface area contributed by atoms with E-state index in [0.29, 0.717) is 5.15 Å². The second kappa shape index (κ2) is 5.76. The van der Waals surface area contributed by atoms with Crippen LogP contribution in [0.3, 0.4) is 0 Å². The molecule has 0 spiro atoms. The molecule has 19 heavy (non-hydrogen) atoms. The van der Waals surface area contributed by atoms with E-state index in [9.17, 15) is 0 Å². The van der Waals surface area contributed by atoms with Gasteiger partial charge in [0.15, 0.2) is 0 Å². The van der Waals surface area contributed by atoms with Crippen LogP contribution in [0.2, 0.25) is 5.15 Å². The molecule has 4 heteroatoms. The first-order valence-electron chi connectivity index (χ1n) is 7.46. The van der Waals surface area contributed by atoms with Crippen LogP contribution in [0.25, 0.3) is 0 Å². The van der Waals surface area contributed by atoms with Gasteiger partial charge in [0.2, 0.25) is 0 Å². The van der Waals surface area contributed by atoms with Crippen LogP contribution in [0.4, 0.5) is 0 Å². The summed E-state index contributed by atoms with van der Waals surface area (Å²) in [4.78, 5) is 11.5. The van der Waals surface area contributed by atoms with Crippen molar-refractivity contribution in [2.45, 2.75) is 58.0 Å². The quantitative estimate of drug-likeness (QED) is 0.775. The number of fused-ring (bicyclic) bond motifs is 1. The fourth-order valence-electron chi connectivity index (χ4n) is 3.77. The number of piperidine rings is 1. The predicted molar refractivity (Wildman–Crippen MR) is 77.2 cm³/mol. The first-order valence-corrected chi connectivity index (χ1v) is 7.84. The average Bonchev–Trinajstić information content (AvgIpc) is 2.38. The molecule has 0 bridgehead atoms. The van der Waals surface area contributed by atoms with Gasteiger partial charge in [-0.2, -0.15) is 0 Å². The van der Waals surface area contributed by atoms with Crippen LogP contribution in [0.5, 0.6) is 0 Å². The molecule has 3 nitrogen and oxygen atoms in total. The average molecular weight is 280 g/mol. The van der Waals surface area contributed by atoms with Crippen molar-refractivity contribution >= 4 is 11.6 Å². The van der Waals surface area contributed by atoms with Gasteiger partial charge in [-0.3, -0.25) is 4.90 Å². The van der Waals surface area contributed by atoms with Crippen molar-refractivity contribution in [1.29, 1.82) is 0 Å². The zero-order chi connectivity index (χ0) is 13.2. The molecule has 2 heterocycles. The topological polar surface area (TPSA) is 29.0 Å². The Morgan fingerprint density at radius 1 is 1.21 bits per heavy atom. The molecule has 1 saturated carbocycles. The van der Waals surface area contributed by atoms with E-state index in [1.54, 1.807) is 0 Å². The number of likely N-dealkylation sites (tertiary alicyclic amines) is 1. The van der Waals surface area contributed by atoms with Crippen LogP contribution in [-0.4, -0.2) is 27.5 Å². The van der Waals surface area contributed by atoms with E-state index in [-0.39, 0.29) is 0 Å². The first kappa shape index (κ1) is 13.3. The maximum atomic E-state index is 6.04.